The number of allylic oxidation sites excluding steroid dienone is 1. The Balaban J connectivity index is 2.89. The fraction of sp³-hybridized carbons (Fsp3) is 0.167. The van der Waals surface area contributed by atoms with Gasteiger partial charge in [-0.05, 0) is 23.8 Å². The first-order chi connectivity index (χ1) is 8.29. The minimum Gasteiger partial charge on any atom is -0.481 e. The van der Waals surface area contributed by atoms with E-state index in [1.807, 2.05) is 0 Å². The molecule has 0 aliphatic rings. The first-order valence-corrected chi connectivity index (χ1v) is 6.91. The molecule has 0 unspecified atom stereocenters. The number of rotatable bonds is 5. The third kappa shape index (κ3) is 4.50. The molecule has 0 amide bonds. The van der Waals surface area contributed by atoms with Gasteiger partial charge < -0.3 is 5.11 Å². The van der Waals surface area contributed by atoms with Crippen LogP contribution in [0.2, 0.25) is 0 Å². The lowest BCUT2D eigenvalue weighted by molar-refractivity contribution is -0.139. The van der Waals surface area contributed by atoms with E-state index in [1.54, 1.807) is 12.1 Å². The van der Waals surface area contributed by atoms with Gasteiger partial charge in [-0.1, -0.05) is 18.2 Å². The molecule has 1 N–H and O–H groups in total. The second-order valence-electron chi connectivity index (χ2n) is 3.71. The summed E-state index contributed by atoms with van der Waals surface area (Å²) in [5, 5.41) is 8.40. The molecule has 0 aliphatic heterocycles. The lowest BCUT2D eigenvalue weighted by Gasteiger charge is -1.99. The zero-order valence-electron chi connectivity index (χ0n) is 9.66. The Morgan fingerprint density at radius 1 is 1.33 bits per heavy atom. The third-order valence-electron chi connectivity index (χ3n) is 2.07. The van der Waals surface area contributed by atoms with Crippen LogP contribution in [0.15, 0.2) is 35.2 Å². The van der Waals surface area contributed by atoms with Gasteiger partial charge in [-0.15, -0.1) is 0 Å². The summed E-state index contributed by atoms with van der Waals surface area (Å²) in [5.74, 6) is -1.75. The highest BCUT2D eigenvalue weighted by atomic mass is 32.2. The number of hydrogen-bond donors (Lipinski definition) is 1. The van der Waals surface area contributed by atoms with Gasteiger partial charge in [0.2, 0.25) is 0 Å². The highest BCUT2D eigenvalue weighted by Gasteiger charge is 2.07. The monoisotopic (exact) mass is 268 g/mol. The Labute approximate surface area is 105 Å². The molecule has 0 aromatic heterocycles. The SMILES string of the molecule is CS(=O)(=O)c1cccc(C=CC(=O)CC(=O)O)c1. The van der Waals surface area contributed by atoms with E-state index in [9.17, 15) is 18.0 Å². The standard InChI is InChI=1S/C12H12O5S/c1-18(16,17)11-4-2-3-9(7-11)5-6-10(13)8-12(14)15/h2-7H,8H2,1H3,(H,14,15). The summed E-state index contributed by atoms with van der Waals surface area (Å²) in [5.41, 5.74) is 0.525. The number of aliphatic carboxylic acids is 1. The van der Waals surface area contributed by atoms with Crippen molar-refractivity contribution in [3.63, 3.8) is 0 Å². The van der Waals surface area contributed by atoms with E-state index in [-0.39, 0.29) is 4.90 Å². The van der Waals surface area contributed by atoms with Crippen LogP contribution in [0.4, 0.5) is 0 Å². The summed E-state index contributed by atoms with van der Waals surface area (Å²) >= 11 is 0. The van der Waals surface area contributed by atoms with Gasteiger partial charge in [-0.2, -0.15) is 0 Å². The van der Waals surface area contributed by atoms with Crippen LogP contribution in [0.1, 0.15) is 12.0 Å². The number of carbonyl (C=O) groups is 2. The molecule has 0 aliphatic carbocycles. The van der Waals surface area contributed by atoms with Crippen LogP contribution in [0.3, 0.4) is 0 Å². The molecule has 0 radical (unpaired) electrons. The molecule has 18 heavy (non-hydrogen) atoms. The zero-order chi connectivity index (χ0) is 13.8. The fourth-order valence-electron chi connectivity index (χ4n) is 1.25. The van der Waals surface area contributed by atoms with Gasteiger partial charge in [0.05, 0.1) is 4.90 Å². The largest absolute Gasteiger partial charge is 0.481 e. The number of ketones is 1. The Hall–Kier alpha value is -1.95. The van der Waals surface area contributed by atoms with Crippen LogP contribution in [-0.4, -0.2) is 31.5 Å². The highest BCUT2D eigenvalue weighted by Crippen LogP contribution is 2.12. The van der Waals surface area contributed by atoms with E-state index < -0.39 is 28.0 Å². The predicted molar refractivity (Wildman–Crippen MR) is 65.8 cm³/mol. The van der Waals surface area contributed by atoms with Gasteiger partial charge in [0.25, 0.3) is 0 Å². The molecule has 0 saturated heterocycles. The van der Waals surface area contributed by atoms with E-state index in [1.165, 1.54) is 18.2 Å². The van der Waals surface area contributed by atoms with Crippen molar-refractivity contribution in [2.75, 3.05) is 6.26 Å². The van der Waals surface area contributed by atoms with Gasteiger partial charge in [0, 0.05) is 6.26 Å². The molecular formula is C12H12O5S. The Morgan fingerprint density at radius 3 is 2.56 bits per heavy atom. The van der Waals surface area contributed by atoms with E-state index >= 15 is 0 Å². The van der Waals surface area contributed by atoms with E-state index in [4.69, 9.17) is 5.11 Å². The van der Waals surface area contributed by atoms with Crippen molar-refractivity contribution in [3.8, 4) is 0 Å². The maximum absolute atomic E-state index is 11.3. The molecule has 96 valence electrons. The van der Waals surface area contributed by atoms with Crippen molar-refractivity contribution in [3.05, 3.63) is 35.9 Å². The number of carbonyl (C=O) groups excluding carboxylic acids is 1. The normalized spacial score (nSPS) is 11.6. The first-order valence-electron chi connectivity index (χ1n) is 5.02. The highest BCUT2D eigenvalue weighted by molar-refractivity contribution is 7.90. The quantitative estimate of drug-likeness (QED) is 0.639. The summed E-state index contributed by atoms with van der Waals surface area (Å²) in [6.45, 7) is 0. The van der Waals surface area contributed by atoms with Crippen molar-refractivity contribution < 1.29 is 23.1 Å². The molecule has 0 bridgehead atoms. The fourth-order valence-corrected chi connectivity index (χ4v) is 1.92. The lowest BCUT2D eigenvalue weighted by Crippen LogP contribution is -2.03. The average Bonchev–Trinajstić information content (AvgIpc) is 2.25. The molecule has 0 fully saturated rings. The maximum atomic E-state index is 11.3. The summed E-state index contributed by atoms with van der Waals surface area (Å²) in [6, 6.07) is 6.04. The number of carboxylic acid groups (broad SMARTS) is 1. The average molecular weight is 268 g/mol. The molecule has 1 aromatic carbocycles. The van der Waals surface area contributed by atoms with Gasteiger partial charge in [-0.3, -0.25) is 9.59 Å². The van der Waals surface area contributed by atoms with Crippen LogP contribution in [0.25, 0.3) is 6.08 Å². The maximum Gasteiger partial charge on any atom is 0.311 e. The van der Waals surface area contributed by atoms with E-state index in [0.717, 1.165) is 12.3 Å². The molecule has 0 heterocycles. The minimum atomic E-state index is -3.30. The zero-order valence-corrected chi connectivity index (χ0v) is 10.5. The minimum absolute atomic E-state index is 0.148. The number of benzene rings is 1. The van der Waals surface area contributed by atoms with Crippen LogP contribution in [0, 0.1) is 0 Å². The third-order valence-corrected chi connectivity index (χ3v) is 3.18. The van der Waals surface area contributed by atoms with Crippen molar-refractivity contribution in [1.29, 1.82) is 0 Å². The smallest absolute Gasteiger partial charge is 0.311 e. The summed E-state index contributed by atoms with van der Waals surface area (Å²) in [4.78, 5) is 21.5. The first kappa shape index (κ1) is 14.1. The molecule has 1 rings (SSSR count). The van der Waals surface area contributed by atoms with Crippen molar-refractivity contribution in [1.82, 2.24) is 0 Å². The van der Waals surface area contributed by atoms with Crippen molar-refractivity contribution >= 4 is 27.7 Å². The number of hydrogen-bond acceptors (Lipinski definition) is 4. The van der Waals surface area contributed by atoms with E-state index in [2.05, 4.69) is 0 Å². The van der Waals surface area contributed by atoms with Crippen LogP contribution in [0.5, 0.6) is 0 Å². The molecule has 0 atom stereocenters. The topological polar surface area (TPSA) is 88.5 Å². The second kappa shape index (κ2) is 5.59. The van der Waals surface area contributed by atoms with Crippen LogP contribution >= 0.6 is 0 Å². The molecule has 0 spiro atoms. The van der Waals surface area contributed by atoms with Crippen LogP contribution < -0.4 is 0 Å². The van der Waals surface area contributed by atoms with Crippen molar-refractivity contribution in [2.24, 2.45) is 0 Å². The van der Waals surface area contributed by atoms with Gasteiger partial charge in [0.15, 0.2) is 15.6 Å². The Kier molecular flexibility index (Phi) is 4.38. The predicted octanol–water partition coefficient (Wildman–Crippen LogP) is 1.15. The lowest BCUT2D eigenvalue weighted by atomic mass is 10.2. The summed E-state index contributed by atoms with van der Waals surface area (Å²) in [7, 11) is -3.30. The summed E-state index contributed by atoms with van der Waals surface area (Å²) < 4.78 is 22.6. The second-order valence-corrected chi connectivity index (χ2v) is 5.73. The Bertz CT molecular complexity index is 599. The molecule has 6 heteroatoms. The van der Waals surface area contributed by atoms with Gasteiger partial charge in [0.1, 0.15) is 6.42 Å². The molecule has 0 saturated carbocycles. The van der Waals surface area contributed by atoms with Gasteiger partial charge in [-0.25, -0.2) is 8.42 Å². The molecule has 1 aromatic rings. The number of carboxylic acids is 1. The Morgan fingerprint density at radius 2 is 2.00 bits per heavy atom. The van der Waals surface area contributed by atoms with Gasteiger partial charge >= 0.3 is 5.97 Å². The van der Waals surface area contributed by atoms with Crippen molar-refractivity contribution in [2.45, 2.75) is 11.3 Å². The van der Waals surface area contributed by atoms with E-state index in [0.29, 0.717) is 5.56 Å². The van der Waals surface area contributed by atoms with Crippen LogP contribution in [-0.2, 0) is 19.4 Å². The molecular weight excluding hydrogens is 256 g/mol. The molecule has 5 nitrogen and oxygen atoms in total. The summed E-state index contributed by atoms with van der Waals surface area (Å²) in [6.07, 6.45) is 3.02. The number of sulfone groups is 1.